The van der Waals surface area contributed by atoms with Gasteiger partial charge in [-0.3, -0.25) is 0 Å². The zero-order valence-corrected chi connectivity index (χ0v) is 15.2. The van der Waals surface area contributed by atoms with Gasteiger partial charge in [-0.25, -0.2) is 4.79 Å². The number of carbonyl (C=O) groups excluding carboxylic acids is 1. The first-order valence-electron chi connectivity index (χ1n) is 7.09. The number of benzene rings is 1. The van der Waals surface area contributed by atoms with Crippen molar-refractivity contribution in [2.24, 2.45) is 0 Å². The maximum absolute atomic E-state index is 11.6. The van der Waals surface area contributed by atoms with Gasteiger partial charge in [0.1, 0.15) is 0 Å². The summed E-state index contributed by atoms with van der Waals surface area (Å²) in [5.74, 6) is -0.361. The summed E-state index contributed by atoms with van der Waals surface area (Å²) in [6.45, 7) is 7.63. The van der Waals surface area contributed by atoms with E-state index >= 15 is 0 Å². The highest BCUT2D eigenvalue weighted by Crippen LogP contribution is 2.21. The van der Waals surface area contributed by atoms with Crippen molar-refractivity contribution in [2.45, 2.75) is 20.3 Å². The van der Waals surface area contributed by atoms with E-state index in [9.17, 15) is 4.79 Å². The van der Waals surface area contributed by atoms with Gasteiger partial charge in [-0.1, -0.05) is 43.1 Å². The molecule has 0 fully saturated rings. The molecule has 6 heteroatoms. The number of hydrogen-bond donors (Lipinski definition) is 0. The molecule has 22 heavy (non-hydrogen) atoms. The molecule has 1 rings (SSSR count). The van der Waals surface area contributed by atoms with E-state index in [-0.39, 0.29) is 18.4 Å². The average Bonchev–Trinajstić information content (AvgIpc) is 2.46. The summed E-state index contributed by atoms with van der Waals surface area (Å²) < 4.78 is 5.15. The highest BCUT2D eigenvalue weighted by Gasteiger charge is 2.02. The second-order valence-electron chi connectivity index (χ2n) is 4.55. The van der Waals surface area contributed by atoms with Crippen LogP contribution in [-0.2, 0) is 9.53 Å². The van der Waals surface area contributed by atoms with Crippen molar-refractivity contribution >= 4 is 47.7 Å². The number of hydrogen-bond acceptors (Lipinski definition) is 3. The fraction of sp³-hybridized carbons (Fsp3) is 0.438. The van der Waals surface area contributed by atoms with E-state index in [0.717, 1.165) is 31.6 Å². The Bertz CT molecular complexity index is 488. The van der Waals surface area contributed by atoms with Crippen LogP contribution < -0.4 is 0 Å². The average molecular weight is 367 g/mol. The number of nitrogens with zero attached hydrogens (tertiary/aromatic N) is 1. The molecule has 124 valence electrons. The molecular weight excluding hydrogens is 345 g/mol. The van der Waals surface area contributed by atoms with Crippen LogP contribution in [0.5, 0.6) is 0 Å². The minimum atomic E-state index is -0.361. The molecule has 0 N–H and O–H groups in total. The second-order valence-corrected chi connectivity index (χ2v) is 5.39. The number of ether oxygens (including phenoxy) is 1. The lowest BCUT2D eigenvalue weighted by Gasteiger charge is -2.17. The van der Waals surface area contributed by atoms with Crippen LogP contribution in [0.4, 0.5) is 0 Å². The monoisotopic (exact) mass is 365 g/mol. The van der Waals surface area contributed by atoms with Gasteiger partial charge < -0.3 is 9.64 Å². The van der Waals surface area contributed by atoms with Crippen LogP contribution in [0.2, 0.25) is 10.0 Å². The first kappa shape index (κ1) is 21.3. The van der Waals surface area contributed by atoms with E-state index in [1.807, 2.05) is 0 Å². The molecule has 0 radical (unpaired) electrons. The third-order valence-corrected chi connectivity index (χ3v) is 3.68. The van der Waals surface area contributed by atoms with Gasteiger partial charge in [0.25, 0.3) is 0 Å². The van der Waals surface area contributed by atoms with E-state index in [1.54, 1.807) is 24.3 Å². The minimum Gasteiger partial charge on any atom is -0.462 e. The van der Waals surface area contributed by atoms with Crippen LogP contribution in [0.25, 0.3) is 6.08 Å². The van der Waals surface area contributed by atoms with E-state index in [4.69, 9.17) is 27.9 Å². The maximum Gasteiger partial charge on any atom is 0.330 e. The molecule has 0 aliphatic rings. The Morgan fingerprint density at radius 2 is 1.95 bits per heavy atom. The van der Waals surface area contributed by atoms with Crippen molar-refractivity contribution in [1.29, 1.82) is 0 Å². The Labute approximate surface area is 148 Å². The highest BCUT2D eigenvalue weighted by molar-refractivity contribution is 6.35. The Kier molecular flexibility index (Phi) is 11.4. The summed E-state index contributed by atoms with van der Waals surface area (Å²) in [4.78, 5) is 13.9. The lowest BCUT2D eigenvalue weighted by Crippen LogP contribution is -2.25. The molecule has 0 bridgehead atoms. The van der Waals surface area contributed by atoms with Crippen molar-refractivity contribution < 1.29 is 9.53 Å². The van der Waals surface area contributed by atoms with Gasteiger partial charge in [0.05, 0.1) is 6.61 Å². The number of esters is 1. The molecule has 0 spiro atoms. The third-order valence-electron chi connectivity index (χ3n) is 3.12. The lowest BCUT2D eigenvalue weighted by molar-refractivity contribution is -0.137. The molecule has 3 nitrogen and oxygen atoms in total. The van der Waals surface area contributed by atoms with Gasteiger partial charge in [-0.05, 0) is 43.3 Å². The Morgan fingerprint density at radius 1 is 1.27 bits per heavy atom. The van der Waals surface area contributed by atoms with Crippen LogP contribution >= 0.6 is 35.6 Å². The zero-order chi connectivity index (χ0) is 15.7. The molecule has 0 saturated heterocycles. The van der Waals surface area contributed by atoms with E-state index in [2.05, 4.69) is 18.7 Å². The van der Waals surface area contributed by atoms with Gasteiger partial charge >= 0.3 is 5.97 Å². The summed E-state index contributed by atoms with van der Waals surface area (Å²) in [7, 11) is 0. The van der Waals surface area contributed by atoms with Gasteiger partial charge in [-0.15, -0.1) is 12.4 Å². The van der Waals surface area contributed by atoms with Crippen LogP contribution in [-0.4, -0.2) is 37.1 Å². The van der Waals surface area contributed by atoms with E-state index in [0.29, 0.717) is 16.7 Å². The molecule has 0 amide bonds. The fourth-order valence-electron chi connectivity index (χ4n) is 1.84. The standard InChI is InChI=1S/C16H21Cl2NO2.ClH/c1-3-19(4-2)10-5-11-21-16(20)9-7-13-6-8-14(17)12-15(13)18;/h6-9,12H,3-5,10-11H2,1-2H3;1H/b9-7+;. The van der Waals surface area contributed by atoms with Gasteiger partial charge in [0, 0.05) is 22.7 Å². The second kappa shape index (κ2) is 11.8. The fourth-order valence-corrected chi connectivity index (χ4v) is 2.31. The number of halogens is 3. The molecule has 0 aromatic heterocycles. The highest BCUT2D eigenvalue weighted by atomic mass is 35.5. The Hall–Kier alpha value is -0.740. The first-order valence-corrected chi connectivity index (χ1v) is 7.84. The van der Waals surface area contributed by atoms with Gasteiger partial charge in [-0.2, -0.15) is 0 Å². The largest absolute Gasteiger partial charge is 0.462 e. The van der Waals surface area contributed by atoms with Gasteiger partial charge in [0.2, 0.25) is 0 Å². The smallest absolute Gasteiger partial charge is 0.330 e. The summed E-state index contributed by atoms with van der Waals surface area (Å²) in [5.41, 5.74) is 0.737. The number of carbonyl (C=O) groups is 1. The van der Waals surface area contributed by atoms with E-state index in [1.165, 1.54) is 6.08 Å². The predicted octanol–water partition coefficient (Wildman–Crippen LogP) is 4.70. The molecule has 0 saturated carbocycles. The summed E-state index contributed by atoms with van der Waals surface area (Å²) in [6, 6.07) is 5.12. The summed E-state index contributed by atoms with van der Waals surface area (Å²) >= 11 is 11.8. The molecule has 0 aliphatic carbocycles. The van der Waals surface area contributed by atoms with Crippen molar-refractivity contribution in [3.8, 4) is 0 Å². The lowest BCUT2D eigenvalue weighted by atomic mass is 10.2. The van der Waals surface area contributed by atoms with Crippen LogP contribution in [0.1, 0.15) is 25.8 Å². The Balaban J connectivity index is 0.00000441. The van der Waals surface area contributed by atoms with Crippen LogP contribution in [0.15, 0.2) is 24.3 Å². The molecule has 0 atom stereocenters. The predicted molar refractivity (Wildman–Crippen MR) is 96.1 cm³/mol. The summed E-state index contributed by atoms with van der Waals surface area (Å²) in [6.07, 6.45) is 3.85. The first-order chi connectivity index (χ1) is 10.1. The molecular formula is C16H22Cl3NO2. The van der Waals surface area contributed by atoms with Crippen molar-refractivity contribution in [2.75, 3.05) is 26.2 Å². The van der Waals surface area contributed by atoms with Crippen LogP contribution in [0, 0.1) is 0 Å². The topological polar surface area (TPSA) is 29.5 Å². The molecule has 0 heterocycles. The maximum atomic E-state index is 11.6. The molecule has 0 aliphatic heterocycles. The summed E-state index contributed by atoms with van der Waals surface area (Å²) in [5, 5.41) is 1.07. The van der Waals surface area contributed by atoms with Gasteiger partial charge in [0.15, 0.2) is 0 Å². The quantitative estimate of drug-likeness (QED) is 0.379. The van der Waals surface area contributed by atoms with E-state index < -0.39 is 0 Å². The Morgan fingerprint density at radius 3 is 2.55 bits per heavy atom. The molecule has 1 aromatic rings. The molecule has 1 aromatic carbocycles. The van der Waals surface area contributed by atoms with Crippen molar-refractivity contribution in [1.82, 2.24) is 4.90 Å². The minimum absolute atomic E-state index is 0. The van der Waals surface area contributed by atoms with Crippen molar-refractivity contribution in [3.05, 3.63) is 39.9 Å². The third kappa shape index (κ3) is 8.04. The normalized spacial score (nSPS) is 10.8. The number of rotatable bonds is 8. The SMILES string of the molecule is CCN(CC)CCCOC(=O)/C=C/c1ccc(Cl)cc1Cl.Cl. The van der Waals surface area contributed by atoms with Crippen molar-refractivity contribution in [3.63, 3.8) is 0 Å². The zero-order valence-electron chi connectivity index (χ0n) is 12.9. The molecule has 0 unspecified atom stereocenters. The van der Waals surface area contributed by atoms with Crippen LogP contribution in [0.3, 0.4) is 0 Å².